The highest BCUT2D eigenvalue weighted by Crippen LogP contribution is 2.03. The first-order valence-corrected chi connectivity index (χ1v) is 6.69. The molecule has 1 unspecified atom stereocenters. The predicted molar refractivity (Wildman–Crippen MR) is 73.2 cm³/mol. The van der Waals surface area contributed by atoms with Gasteiger partial charge < -0.3 is 20.1 Å². The average Bonchev–Trinajstić information content (AvgIpc) is 2.34. The maximum atomic E-state index is 12.0. The summed E-state index contributed by atoms with van der Waals surface area (Å²) in [6.45, 7) is 7.58. The largest absolute Gasteiger partial charge is 0.480 e. The molecule has 0 rings (SSSR count). The second-order valence-electron chi connectivity index (χ2n) is 4.91. The van der Waals surface area contributed by atoms with Gasteiger partial charge in [0.1, 0.15) is 6.04 Å². The summed E-state index contributed by atoms with van der Waals surface area (Å²) in [4.78, 5) is 24.7. The van der Waals surface area contributed by atoms with Gasteiger partial charge in [0.2, 0.25) is 0 Å². The fourth-order valence-corrected chi connectivity index (χ4v) is 1.73. The molecule has 1 atom stereocenters. The van der Waals surface area contributed by atoms with Crippen molar-refractivity contribution in [3.63, 3.8) is 0 Å². The number of methoxy groups -OCH3 is 1. The maximum absolute atomic E-state index is 12.0. The van der Waals surface area contributed by atoms with Gasteiger partial charge in [-0.3, -0.25) is 0 Å². The van der Waals surface area contributed by atoms with Crippen molar-refractivity contribution >= 4 is 12.0 Å². The second kappa shape index (κ2) is 9.61. The smallest absolute Gasteiger partial charge is 0.326 e. The van der Waals surface area contributed by atoms with E-state index in [4.69, 9.17) is 9.84 Å². The Morgan fingerprint density at radius 2 is 2.00 bits per heavy atom. The van der Waals surface area contributed by atoms with Gasteiger partial charge in [0, 0.05) is 26.8 Å². The number of urea groups is 1. The highest BCUT2D eigenvalue weighted by molar-refractivity contribution is 5.82. The van der Waals surface area contributed by atoms with Crippen LogP contribution in [0.3, 0.4) is 0 Å². The van der Waals surface area contributed by atoms with Crippen LogP contribution in [0.2, 0.25) is 0 Å². The highest BCUT2D eigenvalue weighted by Gasteiger charge is 2.22. The Hall–Kier alpha value is -1.30. The van der Waals surface area contributed by atoms with Crippen molar-refractivity contribution in [1.29, 1.82) is 0 Å². The van der Waals surface area contributed by atoms with E-state index in [1.165, 1.54) is 0 Å². The summed E-state index contributed by atoms with van der Waals surface area (Å²) >= 11 is 0. The van der Waals surface area contributed by atoms with E-state index < -0.39 is 12.0 Å². The van der Waals surface area contributed by atoms with Crippen LogP contribution >= 0.6 is 0 Å². The minimum Gasteiger partial charge on any atom is -0.480 e. The van der Waals surface area contributed by atoms with Crippen molar-refractivity contribution in [3.8, 4) is 0 Å². The maximum Gasteiger partial charge on any atom is 0.326 e. The van der Waals surface area contributed by atoms with Crippen LogP contribution in [-0.4, -0.2) is 54.9 Å². The molecule has 6 nitrogen and oxygen atoms in total. The van der Waals surface area contributed by atoms with E-state index in [0.29, 0.717) is 38.5 Å². The van der Waals surface area contributed by atoms with Crippen LogP contribution in [0.1, 0.15) is 33.6 Å². The monoisotopic (exact) mass is 274 g/mol. The van der Waals surface area contributed by atoms with Crippen LogP contribution in [0.5, 0.6) is 0 Å². The molecular weight excluding hydrogens is 248 g/mol. The van der Waals surface area contributed by atoms with E-state index in [9.17, 15) is 9.59 Å². The Morgan fingerprint density at radius 1 is 1.37 bits per heavy atom. The van der Waals surface area contributed by atoms with E-state index in [0.717, 1.165) is 0 Å². The van der Waals surface area contributed by atoms with Crippen LogP contribution in [0.15, 0.2) is 0 Å². The minimum atomic E-state index is -1.01. The summed E-state index contributed by atoms with van der Waals surface area (Å²) < 4.78 is 4.88. The molecule has 0 spiro atoms. The molecule has 112 valence electrons. The van der Waals surface area contributed by atoms with Gasteiger partial charge in [0.15, 0.2) is 0 Å². The lowest BCUT2D eigenvalue weighted by Gasteiger charge is -2.25. The summed E-state index contributed by atoms with van der Waals surface area (Å²) in [7, 11) is 1.57. The molecule has 19 heavy (non-hydrogen) atoms. The first kappa shape index (κ1) is 17.7. The quantitative estimate of drug-likeness (QED) is 0.625. The van der Waals surface area contributed by atoms with E-state index in [1.807, 2.05) is 20.8 Å². The number of carbonyl (C=O) groups is 2. The topological polar surface area (TPSA) is 78.9 Å². The molecule has 0 aliphatic carbocycles. The summed E-state index contributed by atoms with van der Waals surface area (Å²) in [6, 6.07) is -1.18. The molecule has 0 aromatic heterocycles. The third-order valence-electron chi connectivity index (χ3n) is 2.69. The Labute approximate surface area is 115 Å². The number of nitrogens with one attached hydrogen (secondary N) is 1. The highest BCUT2D eigenvalue weighted by atomic mass is 16.5. The first-order valence-electron chi connectivity index (χ1n) is 6.69. The molecule has 2 amide bonds. The molecule has 0 saturated heterocycles. The first-order chi connectivity index (χ1) is 8.92. The molecule has 0 saturated carbocycles. The summed E-state index contributed by atoms with van der Waals surface area (Å²) in [6.07, 6.45) is 0.970. The normalized spacial score (nSPS) is 12.3. The number of amides is 2. The van der Waals surface area contributed by atoms with Gasteiger partial charge in [-0.2, -0.15) is 0 Å². The molecule has 6 heteroatoms. The van der Waals surface area contributed by atoms with Crippen molar-refractivity contribution in [1.82, 2.24) is 10.2 Å². The van der Waals surface area contributed by atoms with Gasteiger partial charge >= 0.3 is 12.0 Å². The number of hydrogen-bond acceptors (Lipinski definition) is 3. The van der Waals surface area contributed by atoms with E-state index >= 15 is 0 Å². The fourth-order valence-electron chi connectivity index (χ4n) is 1.73. The van der Waals surface area contributed by atoms with Gasteiger partial charge in [0.05, 0.1) is 0 Å². The summed E-state index contributed by atoms with van der Waals surface area (Å²) in [5.74, 6) is -0.660. The van der Waals surface area contributed by atoms with Gasteiger partial charge in [-0.05, 0) is 25.7 Å². The zero-order valence-corrected chi connectivity index (χ0v) is 12.3. The summed E-state index contributed by atoms with van der Waals surface area (Å²) in [5, 5.41) is 11.6. The van der Waals surface area contributed by atoms with Crippen molar-refractivity contribution in [2.45, 2.75) is 39.7 Å². The fraction of sp³-hybridized carbons (Fsp3) is 0.846. The lowest BCUT2D eigenvalue weighted by atomic mass is 10.1. The number of ether oxygens (including phenoxy) is 1. The third-order valence-corrected chi connectivity index (χ3v) is 2.69. The van der Waals surface area contributed by atoms with Crippen LogP contribution in [0.4, 0.5) is 4.79 Å². The number of aliphatic carboxylic acids is 1. The van der Waals surface area contributed by atoms with Crippen molar-refractivity contribution in [2.75, 3.05) is 26.8 Å². The van der Waals surface area contributed by atoms with E-state index in [1.54, 1.807) is 12.0 Å². The van der Waals surface area contributed by atoms with Crippen LogP contribution < -0.4 is 5.32 Å². The number of carboxylic acids is 1. The molecule has 0 radical (unpaired) electrons. The van der Waals surface area contributed by atoms with Gasteiger partial charge in [-0.1, -0.05) is 13.8 Å². The lowest BCUT2D eigenvalue weighted by Crippen LogP contribution is -2.48. The standard InChI is InChI=1S/C13H26N2O4/c1-5-15(9-10(2)3)13(18)14-11(12(16)17)7-6-8-19-4/h10-11H,5-9H2,1-4H3,(H,14,18)(H,16,17). The summed E-state index contributed by atoms with van der Waals surface area (Å²) in [5.41, 5.74) is 0. The lowest BCUT2D eigenvalue weighted by molar-refractivity contribution is -0.139. The van der Waals surface area contributed by atoms with Crippen molar-refractivity contribution < 1.29 is 19.4 Å². The Balaban J connectivity index is 4.39. The van der Waals surface area contributed by atoms with Crippen LogP contribution in [0.25, 0.3) is 0 Å². The Morgan fingerprint density at radius 3 is 2.42 bits per heavy atom. The molecule has 0 aromatic carbocycles. The van der Waals surface area contributed by atoms with Crippen molar-refractivity contribution in [2.24, 2.45) is 5.92 Å². The van der Waals surface area contributed by atoms with Crippen LogP contribution in [-0.2, 0) is 9.53 Å². The molecule has 0 aliphatic heterocycles. The zero-order chi connectivity index (χ0) is 14.8. The molecule has 2 N–H and O–H groups in total. The van der Waals surface area contributed by atoms with E-state index in [2.05, 4.69) is 5.32 Å². The van der Waals surface area contributed by atoms with E-state index in [-0.39, 0.29) is 6.03 Å². The molecule has 0 bridgehead atoms. The Bertz CT molecular complexity index is 282. The third kappa shape index (κ3) is 7.66. The number of carbonyl (C=O) groups excluding carboxylic acids is 1. The minimum absolute atomic E-state index is 0.319. The molecule has 0 aromatic rings. The van der Waals surface area contributed by atoms with Gasteiger partial charge in [-0.15, -0.1) is 0 Å². The molecule has 0 heterocycles. The van der Waals surface area contributed by atoms with Gasteiger partial charge in [0.25, 0.3) is 0 Å². The zero-order valence-electron chi connectivity index (χ0n) is 12.3. The average molecular weight is 274 g/mol. The predicted octanol–water partition coefficient (Wildman–Crippen LogP) is 1.55. The Kier molecular flexibility index (Phi) is 8.95. The molecule has 0 aliphatic rings. The number of nitrogens with zero attached hydrogens (tertiary/aromatic N) is 1. The number of carboxylic acid groups (broad SMARTS) is 1. The molecular formula is C13H26N2O4. The van der Waals surface area contributed by atoms with Crippen LogP contribution in [0, 0.1) is 5.92 Å². The molecule has 0 fully saturated rings. The number of hydrogen-bond donors (Lipinski definition) is 2. The second-order valence-corrected chi connectivity index (χ2v) is 4.91. The van der Waals surface area contributed by atoms with Gasteiger partial charge in [-0.25, -0.2) is 9.59 Å². The van der Waals surface area contributed by atoms with Crippen molar-refractivity contribution in [3.05, 3.63) is 0 Å². The number of rotatable bonds is 9. The SMILES string of the molecule is CCN(CC(C)C)C(=O)NC(CCCOC)C(=O)O.